The molecule has 0 spiro atoms. The summed E-state index contributed by atoms with van der Waals surface area (Å²) in [5.74, 6) is -0.314. The summed E-state index contributed by atoms with van der Waals surface area (Å²) < 4.78 is 19.8. The van der Waals surface area contributed by atoms with Crippen molar-refractivity contribution in [1.82, 2.24) is 9.88 Å². The Hall–Kier alpha value is -1.99. The monoisotopic (exact) mass is 334 g/mol. The van der Waals surface area contributed by atoms with Gasteiger partial charge >= 0.3 is 0 Å². The van der Waals surface area contributed by atoms with Crippen LogP contribution in [-0.2, 0) is 0 Å². The van der Waals surface area contributed by atoms with Crippen molar-refractivity contribution in [2.45, 2.75) is 6.10 Å². The van der Waals surface area contributed by atoms with Gasteiger partial charge in [0.2, 0.25) is 0 Å². The zero-order chi connectivity index (χ0) is 15.1. The molecule has 7 heteroatoms. The molecule has 1 aliphatic heterocycles. The molecule has 0 atom stereocenters. The van der Waals surface area contributed by atoms with Gasteiger partial charge in [0.25, 0.3) is 11.1 Å². The highest BCUT2D eigenvalue weighted by Crippen LogP contribution is 2.29. The average Bonchev–Trinajstić information content (AvgIpc) is 3.10. The van der Waals surface area contributed by atoms with Crippen LogP contribution in [0.2, 0.25) is 0 Å². The van der Waals surface area contributed by atoms with E-state index in [9.17, 15) is 9.18 Å². The number of rotatable bonds is 3. The first-order valence-corrected chi connectivity index (χ1v) is 8.43. The fourth-order valence-electron chi connectivity index (χ4n) is 2.37. The molecule has 1 fully saturated rings. The highest BCUT2D eigenvalue weighted by Gasteiger charge is 2.34. The van der Waals surface area contributed by atoms with Gasteiger partial charge in [-0.1, -0.05) is 11.3 Å². The van der Waals surface area contributed by atoms with Gasteiger partial charge in [0.15, 0.2) is 0 Å². The van der Waals surface area contributed by atoms with Gasteiger partial charge in [-0.2, -0.15) is 0 Å². The number of thiazole rings is 1. The van der Waals surface area contributed by atoms with Crippen LogP contribution in [0.4, 0.5) is 4.39 Å². The van der Waals surface area contributed by atoms with Crippen molar-refractivity contribution in [3.05, 3.63) is 46.5 Å². The van der Waals surface area contributed by atoms with Gasteiger partial charge in [-0.05, 0) is 29.7 Å². The summed E-state index contributed by atoms with van der Waals surface area (Å²) >= 11 is 2.83. The number of benzene rings is 1. The van der Waals surface area contributed by atoms with Crippen LogP contribution >= 0.6 is 22.7 Å². The van der Waals surface area contributed by atoms with E-state index < -0.39 is 0 Å². The lowest BCUT2D eigenvalue weighted by Crippen LogP contribution is -2.56. The van der Waals surface area contributed by atoms with Crippen molar-refractivity contribution in [3.63, 3.8) is 0 Å². The number of fused-ring (bicyclic) bond motifs is 1. The minimum absolute atomic E-state index is 0.00178. The van der Waals surface area contributed by atoms with Gasteiger partial charge in [0, 0.05) is 16.3 Å². The number of carbonyl (C=O) groups excluding carboxylic acids is 1. The standard InChI is InChI=1S/C15H11FN2O2S2/c16-10-1-2-12-9(5-10)6-13(22-12)14(19)18-7-11(8-18)20-15-17-3-4-21-15/h1-6,11H,7-8H2. The summed E-state index contributed by atoms with van der Waals surface area (Å²) in [7, 11) is 0. The molecular weight excluding hydrogens is 323 g/mol. The van der Waals surface area contributed by atoms with Crippen molar-refractivity contribution in [3.8, 4) is 5.19 Å². The molecule has 0 aliphatic carbocycles. The van der Waals surface area contributed by atoms with Crippen LogP contribution in [0.5, 0.6) is 5.19 Å². The Morgan fingerprint density at radius 1 is 1.36 bits per heavy atom. The molecule has 2 aromatic heterocycles. The second-order valence-corrected chi connectivity index (χ2v) is 6.98. The summed E-state index contributed by atoms with van der Waals surface area (Å²) in [5.41, 5.74) is 0. The van der Waals surface area contributed by atoms with Crippen LogP contribution in [0.1, 0.15) is 9.67 Å². The average molecular weight is 334 g/mol. The minimum atomic E-state index is -0.287. The normalized spacial score (nSPS) is 15.0. The second kappa shape index (κ2) is 5.33. The van der Waals surface area contributed by atoms with Crippen LogP contribution in [0.3, 0.4) is 0 Å². The van der Waals surface area contributed by atoms with Crippen molar-refractivity contribution in [1.29, 1.82) is 0 Å². The lowest BCUT2D eigenvalue weighted by molar-refractivity contribution is 0.0181. The summed E-state index contributed by atoms with van der Waals surface area (Å²) in [4.78, 5) is 18.8. The quantitative estimate of drug-likeness (QED) is 0.737. The maximum atomic E-state index is 13.2. The van der Waals surface area contributed by atoms with Gasteiger partial charge in [-0.15, -0.1) is 11.3 Å². The maximum Gasteiger partial charge on any atom is 0.273 e. The van der Waals surface area contributed by atoms with Crippen molar-refractivity contribution >= 4 is 38.7 Å². The number of thiophene rings is 1. The highest BCUT2D eigenvalue weighted by molar-refractivity contribution is 7.20. The number of nitrogens with zero attached hydrogens (tertiary/aromatic N) is 2. The predicted molar refractivity (Wildman–Crippen MR) is 84.2 cm³/mol. The molecule has 3 aromatic rings. The zero-order valence-electron chi connectivity index (χ0n) is 11.4. The molecule has 4 rings (SSSR count). The van der Waals surface area contributed by atoms with E-state index in [2.05, 4.69) is 4.98 Å². The fourth-order valence-corrected chi connectivity index (χ4v) is 3.93. The minimum Gasteiger partial charge on any atom is -0.463 e. The molecule has 0 saturated carbocycles. The molecule has 0 radical (unpaired) electrons. The first-order chi connectivity index (χ1) is 10.7. The van der Waals surface area contributed by atoms with E-state index in [-0.39, 0.29) is 17.8 Å². The largest absolute Gasteiger partial charge is 0.463 e. The number of aromatic nitrogens is 1. The Morgan fingerprint density at radius 3 is 3.00 bits per heavy atom. The van der Waals surface area contributed by atoms with Crippen LogP contribution < -0.4 is 4.74 Å². The summed E-state index contributed by atoms with van der Waals surface area (Å²) in [6.45, 7) is 1.11. The van der Waals surface area contributed by atoms with E-state index >= 15 is 0 Å². The zero-order valence-corrected chi connectivity index (χ0v) is 13.0. The van der Waals surface area contributed by atoms with Crippen LogP contribution in [0.25, 0.3) is 10.1 Å². The van der Waals surface area contributed by atoms with Gasteiger partial charge in [-0.25, -0.2) is 9.37 Å². The van der Waals surface area contributed by atoms with Gasteiger partial charge in [0.1, 0.15) is 11.9 Å². The predicted octanol–water partition coefficient (Wildman–Crippen LogP) is 3.40. The first-order valence-electron chi connectivity index (χ1n) is 6.73. The fraction of sp³-hybridized carbons (Fsp3) is 0.200. The number of amides is 1. The first kappa shape index (κ1) is 13.7. The molecule has 1 saturated heterocycles. The number of halogens is 1. The maximum absolute atomic E-state index is 13.2. The number of carbonyl (C=O) groups is 1. The van der Waals surface area contributed by atoms with E-state index in [0.29, 0.717) is 23.2 Å². The molecule has 3 heterocycles. The Bertz CT molecular complexity index is 825. The Labute approximate surface area is 133 Å². The molecule has 0 N–H and O–H groups in total. The third-order valence-electron chi connectivity index (χ3n) is 3.50. The van der Waals surface area contributed by atoms with Crippen molar-refractivity contribution in [2.24, 2.45) is 0 Å². The summed E-state index contributed by atoms with van der Waals surface area (Å²) in [6.07, 6.45) is 1.69. The van der Waals surface area contributed by atoms with Gasteiger partial charge in [0.05, 0.1) is 18.0 Å². The van der Waals surface area contributed by atoms with Crippen LogP contribution in [0, 0.1) is 5.82 Å². The van der Waals surface area contributed by atoms with Crippen LogP contribution in [0.15, 0.2) is 35.8 Å². The number of hydrogen-bond acceptors (Lipinski definition) is 5. The third kappa shape index (κ3) is 2.46. The van der Waals surface area contributed by atoms with E-state index in [1.807, 2.05) is 5.38 Å². The van der Waals surface area contributed by atoms with E-state index in [1.165, 1.54) is 34.8 Å². The Morgan fingerprint density at radius 2 is 2.23 bits per heavy atom. The Kier molecular flexibility index (Phi) is 3.31. The topological polar surface area (TPSA) is 42.4 Å². The lowest BCUT2D eigenvalue weighted by Gasteiger charge is -2.37. The van der Waals surface area contributed by atoms with E-state index in [0.717, 1.165) is 10.1 Å². The molecule has 0 bridgehead atoms. The molecule has 112 valence electrons. The van der Waals surface area contributed by atoms with Crippen molar-refractivity contribution < 1.29 is 13.9 Å². The van der Waals surface area contributed by atoms with E-state index in [4.69, 9.17) is 4.74 Å². The number of likely N-dealkylation sites (tertiary alicyclic amines) is 1. The van der Waals surface area contributed by atoms with E-state index in [1.54, 1.807) is 23.2 Å². The smallest absolute Gasteiger partial charge is 0.273 e. The van der Waals surface area contributed by atoms with Crippen molar-refractivity contribution in [2.75, 3.05) is 13.1 Å². The lowest BCUT2D eigenvalue weighted by atomic mass is 10.1. The third-order valence-corrected chi connectivity index (χ3v) is 5.27. The van der Waals surface area contributed by atoms with Gasteiger partial charge < -0.3 is 9.64 Å². The Balaban J connectivity index is 1.44. The molecule has 1 aromatic carbocycles. The second-order valence-electron chi connectivity index (χ2n) is 5.04. The number of hydrogen-bond donors (Lipinski definition) is 0. The molecule has 4 nitrogen and oxygen atoms in total. The number of ether oxygens (including phenoxy) is 1. The molecular formula is C15H11FN2O2S2. The van der Waals surface area contributed by atoms with Crippen LogP contribution in [-0.4, -0.2) is 35.0 Å². The highest BCUT2D eigenvalue weighted by atomic mass is 32.1. The summed E-state index contributed by atoms with van der Waals surface area (Å²) in [5, 5.41) is 3.26. The summed E-state index contributed by atoms with van der Waals surface area (Å²) in [6, 6.07) is 6.32. The molecule has 22 heavy (non-hydrogen) atoms. The molecule has 1 aliphatic rings. The SMILES string of the molecule is O=C(c1cc2cc(F)ccc2s1)N1CC(Oc2nccs2)C1. The van der Waals surface area contributed by atoms with Gasteiger partial charge in [-0.3, -0.25) is 4.79 Å². The molecule has 1 amide bonds. The molecule has 0 unspecified atom stereocenters.